The molecule has 1 fully saturated rings. The minimum absolute atomic E-state index is 0.0429. The lowest BCUT2D eigenvalue weighted by Crippen LogP contribution is -2.20. The molecule has 1 saturated heterocycles. The lowest BCUT2D eigenvalue weighted by Gasteiger charge is -2.20. The largest absolute Gasteiger partial charge is 0.505 e. The topological polar surface area (TPSA) is 69.7 Å². The van der Waals surface area contributed by atoms with E-state index in [0.717, 1.165) is 13.0 Å². The normalized spacial score (nSPS) is 25.4. The zero-order valence-corrected chi connectivity index (χ0v) is 9.73. The second-order valence-electron chi connectivity index (χ2n) is 4.63. The van der Waals surface area contributed by atoms with Crippen LogP contribution in [0.1, 0.15) is 18.0 Å². The van der Waals surface area contributed by atoms with E-state index >= 15 is 0 Å². The predicted octanol–water partition coefficient (Wildman–Crippen LogP) is 1.19. The highest BCUT2D eigenvalue weighted by Gasteiger charge is 2.32. The van der Waals surface area contributed by atoms with Gasteiger partial charge in [-0.3, -0.25) is 4.90 Å². The third kappa shape index (κ3) is 2.08. The molecule has 4 nitrogen and oxygen atoms in total. The van der Waals surface area contributed by atoms with E-state index in [1.807, 2.05) is 11.9 Å². The lowest BCUT2D eigenvalue weighted by molar-refractivity contribution is 0.300. The number of nitrogens with zero attached hydrogens (tertiary/aromatic N) is 1. The van der Waals surface area contributed by atoms with E-state index < -0.39 is 17.3 Å². The first-order valence-corrected chi connectivity index (χ1v) is 5.65. The van der Waals surface area contributed by atoms with Gasteiger partial charge >= 0.3 is 0 Å². The number of phenols is 2. The van der Waals surface area contributed by atoms with Gasteiger partial charge in [-0.15, -0.1) is 0 Å². The van der Waals surface area contributed by atoms with Crippen molar-refractivity contribution in [2.45, 2.75) is 12.5 Å². The number of benzene rings is 1. The molecule has 0 radical (unpaired) electrons. The van der Waals surface area contributed by atoms with Crippen molar-refractivity contribution in [2.75, 3.05) is 20.1 Å². The summed E-state index contributed by atoms with van der Waals surface area (Å²) in [5, 5.41) is 18.9. The monoisotopic (exact) mass is 240 g/mol. The number of likely N-dealkylation sites (tertiary alicyclic amines) is 1. The van der Waals surface area contributed by atoms with Crippen molar-refractivity contribution in [3.63, 3.8) is 0 Å². The molecule has 17 heavy (non-hydrogen) atoms. The zero-order chi connectivity index (χ0) is 12.6. The van der Waals surface area contributed by atoms with E-state index in [0.29, 0.717) is 18.0 Å². The van der Waals surface area contributed by atoms with Crippen LogP contribution < -0.4 is 5.73 Å². The van der Waals surface area contributed by atoms with Crippen molar-refractivity contribution in [2.24, 2.45) is 11.7 Å². The highest BCUT2D eigenvalue weighted by atomic mass is 19.1. The molecule has 2 rings (SSSR count). The van der Waals surface area contributed by atoms with Crippen LogP contribution in [0.25, 0.3) is 0 Å². The maximum absolute atomic E-state index is 13.4. The van der Waals surface area contributed by atoms with Crippen LogP contribution in [0.3, 0.4) is 0 Å². The minimum Gasteiger partial charge on any atom is -0.505 e. The number of aromatic hydroxyl groups is 2. The van der Waals surface area contributed by atoms with Crippen molar-refractivity contribution in [3.05, 3.63) is 23.5 Å². The van der Waals surface area contributed by atoms with Crippen LogP contribution in [0.2, 0.25) is 0 Å². The van der Waals surface area contributed by atoms with Crippen molar-refractivity contribution < 1.29 is 14.6 Å². The number of hydrogen-bond donors (Lipinski definition) is 3. The molecular formula is C12H17FN2O2. The second kappa shape index (κ2) is 4.50. The smallest absolute Gasteiger partial charge is 0.206 e. The summed E-state index contributed by atoms with van der Waals surface area (Å²) in [4.78, 5) is 2.04. The van der Waals surface area contributed by atoms with Gasteiger partial charge in [0.1, 0.15) is 0 Å². The van der Waals surface area contributed by atoms with Gasteiger partial charge in [0.05, 0.1) is 0 Å². The second-order valence-corrected chi connectivity index (χ2v) is 4.63. The number of hydrogen-bond acceptors (Lipinski definition) is 4. The Labute approximate surface area is 99.5 Å². The molecule has 1 aliphatic heterocycles. The van der Waals surface area contributed by atoms with Crippen LogP contribution in [-0.4, -0.2) is 35.3 Å². The van der Waals surface area contributed by atoms with Crippen molar-refractivity contribution in [3.8, 4) is 11.5 Å². The molecule has 0 aromatic heterocycles. The van der Waals surface area contributed by atoms with Gasteiger partial charge in [0.15, 0.2) is 11.5 Å². The molecule has 0 saturated carbocycles. The standard InChI is InChI=1S/C12H17FN2O2/c1-15-6-7(5-14)4-9(15)8-2-3-10(16)11(13)12(8)17/h2-3,7,9,16-17H,4-6,14H2,1H3. The average molecular weight is 240 g/mol. The first kappa shape index (κ1) is 12.1. The van der Waals surface area contributed by atoms with Gasteiger partial charge in [-0.2, -0.15) is 4.39 Å². The van der Waals surface area contributed by atoms with E-state index in [2.05, 4.69) is 0 Å². The number of rotatable bonds is 2. The number of phenolic OH excluding ortho intramolecular Hbond substituents is 2. The summed E-state index contributed by atoms with van der Waals surface area (Å²) in [6, 6.07) is 2.79. The Morgan fingerprint density at radius 1 is 1.47 bits per heavy atom. The van der Waals surface area contributed by atoms with Crippen LogP contribution >= 0.6 is 0 Å². The first-order chi connectivity index (χ1) is 8.04. The molecule has 0 aliphatic carbocycles. The van der Waals surface area contributed by atoms with Crippen molar-refractivity contribution >= 4 is 0 Å². The molecule has 94 valence electrons. The fourth-order valence-electron chi connectivity index (χ4n) is 2.48. The number of halogens is 1. The molecule has 0 bridgehead atoms. The van der Waals surface area contributed by atoms with Crippen LogP contribution in [0.15, 0.2) is 12.1 Å². The fraction of sp³-hybridized carbons (Fsp3) is 0.500. The highest BCUT2D eigenvalue weighted by Crippen LogP contribution is 2.40. The molecule has 1 aromatic carbocycles. The predicted molar refractivity (Wildman–Crippen MR) is 62.3 cm³/mol. The zero-order valence-electron chi connectivity index (χ0n) is 9.73. The Kier molecular flexibility index (Phi) is 3.22. The first-order valence-electron chi connectivity index (χ1n) is 5.65. The molecule has 0 amide bonds. The fourth-order valence-corrected chi connectivity index (χ4v) is 2.48. The summed E-state index contributed by atoms with van der Waals surface area (Å²) < 4.78 is 13.4. The Hall–Kier alpha value is -1.33. The SMILES string of the molecule is CN1CC(CN)CC1c1ccc(O)c(F)c1O. The van der Waals surface area contributed by atoms with Crippen LogP contribution in [0.4, 0.5) is 4.39 Å². The molecule has 5 heteroatoms. The van der Waals surface area contributed by atoms with Gasteiger partial charge in [0.25, 0.3) is 0 Å². The maximum Gasteiger partial charge on any atom is 0.206 e. The number of nitrogens with two attached hydrogens (primary N) is 1. The molecule has 4 N–H and O–H groups in total. The molecule has 2 atom stereocenters. The van der Waals surface area contributed by atoms with Gasteiger partial charge in [-0.1, -0.05) is 0 Å². The summed E-state index contributed by atoms with van der Waals surface area (Å²) in [6.45, 7) is 1.42. The summed E-state index contributed by atoms with van der Waals surface area (Å²) in [7, 11) is 1.92. The van der Waals surface area contributed by atoms with Gasteiger partial charge in [-0.05, 0) is 38.1 Å². The minimum atomic E-state index is -0.952. The van der Waals surface area contributed by atoms with Crippen LogP contribution in [0.5, 0.6) is 11.5 Å². The van der Waals surface area contributed by atoms with E-state index in [1.165, 1.54) is 6.07 Å². The molecule has 2 unspecified atom stereocenters. The molecule has 1 heterocycles. The molecule has 0 spiro atoms. The van der Waals surface area contributed by atoms with Gasteiger partial charge in [-0.25, -0.2) is 0 Å². The molecule has 1 aromatic rings. The van der Waals surface area contributed by atoms with Crippen LogP contribution in [0, 0.1) is 11.7 Å². The summed E-state index contributed by atoms with van der Waals surface area (Å²) >= 11 is 0. The third-order valence-electron chi connectivity index (χ3n) is 3.45. The molecular weight excluding hydrogens is 223 g/mol. The van der Waals surface area contributed by atoms with Crippen LogP contribution in [-0.2, 0) is 0 Å². The molecule has 1 aliphatic rings. The van der Waals surface area contributed by atoms with Gasteiger partial charge in [0.2, 0.25) is 5.82 Å². The average Bonchev–Trinajstić information content (AvgIpc) is 2.68. The Balaban J connectivity index is 2.32. The van der Waals surface area contributed by atoms with Crippen molar-refractivity contribution in [1.29, 1.82) is 0 Å². The Bertz CT molecular complexity index is 425. The lowest BCUT2D eigenvalue weighted by atomic mass is 9.99. The Morgan fingerprint density at radius 2 is 2.18 bits per heavy atom. The highest BCUT2D eigenvalue weighted by molar-refractivity contribution is 5.43. The Morgan fingerprint density at radius 3 is 2.76 bits per heavy atom. The van der Waals surface area contributed by atoms with Crippen molar-refractivity contribution in [1.82, 2.24) is 4.90 Å². The summed E-state index contributed by atoms with van der Waals surface area (Å²) in [5.41, 5.74) is 6.14. The van der Waals surface area contributed by atoms with E-state index in [-0.39, 0.29) is 6.04 Å². The van der Waals surface area contributed by atoms with E-state index in [9.17, 15) is 9.50 Å². The third-order valence-corrected chi connectivity index (χ3v) is 3.45. The van der Waals surface area contributed by atoms with E-state index in [4.69, 9.17) is 10.8 Å². The maximum atomic E-state index is 13.4. The summed E-state index contributed by atoms with van der Waals surface area (Å²) in [5.74, 6) is -1.57. The quantitative estimate of drug-likeness (QED) is 0.726. The summed E-state index contributed by atoms with van der Waals surface area (Å²) in [6.07, 6.45) is 0.796. The van der Waals surface area contributed by atoms with E-state index in [1.54, 1.807) is 6.07 Å². The van der Waals surface area contributed by atoms with Gasteiger partial charge in [0, 0.05) is 18.2 Å². The van der Waals surface area contributed by atoms with Gasteiger partial charge < -0.3 is 15.9 Å².